The van der Waals surface area contributed by atoms with E-state index < -0.39 is 0 Å². The molecular formula is C12H12N4. The standard InChI is InChI=1S/C12H12N4/c13-10-11-2-4-12(5-3-11)14-7-9-16-8-1-6-15-16/h1-6,8,14H,7,9H2. The van der Waals surface area contributed by atoms with Crippen LogP contribution >= 0.6 is 0 Å². The molecular weight excluding hydrogens is 200 g/mol. The Kier molecular flexibility index (Phi) is 3.19. The van der Waals surface area contributed by atoms with Gasteiger partial charge in [-0.1, -0.05) is 0 Å². The first-order chi connectivity index (χ1) is 7.88. The lowest BCUT2D eigenvalue weighted by atomic mass is 10.2. The molecule has 4 nitrogen and oxygen atoms in total. The van der Waals surface area contributed by atoms with Gasteiger partial charge in [-0.05, 0) is 30.3 Å². The highest BCUT2D eigenvalue weighted by Gasteiger charge is 1.93. The number of aromatic nitrogens is 2. The fourth-order valence-corrected chi connectivity index (χ4v) is 1.41. The second-order valence-electron chi connectivity index (χ2n) is 3.39. The van der Waals surface area contributed by atoms with Crippen LogP contribution in [-0.2, 0) is 6.54 Å². The summed E-state index contributed by atoms with van der Waals surface area (Å²) in [6.45, 7) is 1.64. The summed E-state index contributed by atoms with van der Waals surface area (Å²) < 4.78 is 1.87. The van der Waals surface area contributed by atoms with E-state index in [1.165, 1.54) is 0 Å². The van der Waals surface area contributed by atoms with Gasteiger partial charge in [-0.15, -0.1) is 0 Å². The van der Waals surface area contributed by atoms with Crippen LogP contribution in [0.5, 0.6) is 0 Å². The lowest BCUT2D eigenvalue weighted by molar-refractivity contribution is 0.638. The van der Waals surface area contributed by atoms with Gasteiger partial charge in [-0.2, -0.15) is 10.4 Å². The van der Waals surface area contributed by atoms with E-state index in [4.69, 9.17) is 5.26 Å². The molecule has 0 aliphatic rings. The van der Waals surface area contributed by atoms with Crippen molar-refractivity contribution in [3.05, 3.63) is 48.3 Å². The molecule has 1 heterocycles. The first-order valence-corrected chi connectivity index (χ1v) is 5.10. The maximum absolute atomic E-state index is 8.65. The molecule has 0 spiro atoms. The van der Waals surface area contributed by atoms with Gasteiger partial charge in [0.15, 0.2) is 0 Å². The maximum Gasteiger partial charge on any atom is 0.0991 e. The molecule has 2 aromatic rings. The van der Waals surface area contributed by atoms with Gasteiger partial charge in [0.2, 0.25) is 0 Å². The van der Waals surface area contributed by atoms with Crippen LogP contribution in [0.25, 0.3) is 0 Å². The van der Waals surface area contributed by atoms with Crippen LogP contribution in [0.3, 0.4) is 0 Å². The number of hydrogen-bond donors (Lipinski definition) is 1. The topological polar surface area (TPSA) is 53.6 Å². The summed E-state index contributed by atoms with van der Waals surface area (Å²) in [5.41, 5.74) is 1.70. The molecule has 0 saturated carbocycles. The van der Waals surface area contributed by atoms with Crippen molar-refractivity contribution in [3.63, 3.8) is 0 Å². The Morgan fingerprint density at radius 1 is 1.31 bits per heavy atom. The van der Waals surface area contributed by atoms with Crippen molar-refractivity contribution in [2.45, 2.75) is 6.54 Å². The maximum atomic E-state index is 8.65. The molecule has 0 atom stereocenters. The Morgan fingerprint density at radius 3 is 2.75 bits per heavy atom. The van der Waals surface area contributed by atoms with Crippen molar-refractivity contribution < 1.29 is 0 Å². The fraction of sp³-hybridized carbons (Fsp3) is 0.167. The van der Waals surface area contributed by atoms with Crippen LogP contribution < -0.4 is 5.32 Å². The van der Waals surface area contributed by atoms with Gasteiger partial charge in [0.1, 0.15) is 0 Å². The average Bonchev–Trinajstić information content (AvgIpc) is 2.83. The molecule has 0 fully saturated rings. The van der Waals surface area contributed by atoms with Crippen molar-refractivity contribution in [1.29, 1.82) is 5.26 Å². The zero-order valence-corrected chi connectivity index (χ0v) is 8.80. The van der Waals surface area contributed by atoms with Crippen LogP contribution in [0.2, 0.25) is 0 Å². The molecule has 80 valence electrons. The minimum Gasteiger partial charge on any atom is -0.383 e. The van der Waals surface area contributed by atoms with Gasteiger partial charge in [0.05, 0.1) is 18.2 Å². The molecule has 0 radical (unpaired) electrons. The van der Waals surface area contributed by atoms with E-state index in [1.807, 2.05) is 29.1 Å². The van der Waals surface area contributed by atoms with Crippen molar-refractivity contribution in [2.24, 2.45) is 0 Å². The van der Waals surface area contributed by atoms with Gasteiger partial charge in [-0.3, -0.25) is 4.68 Å². The normalized spacial score (nSPS) is 9.69. The summed E-state index contributed by atoms with van der Waals surface area (Å²) in [4.78, 5) is 0. The molecule has 0 bridgehead atoms. The van der Waals surface area contributed by atoms with Gasteiger partial charge in [0, 0.05) is 24.6 Å². The van der Waals surface area contributed by atoms with E-state index in [2.05, 4.69) is 16.5 Å². The summed E-state index contributed by atoms with van der Waals surface area (Å²) in [5, 5.41) is 16.0. The number of rotatable bonds is 4. The van der Waals surface area contributed by atoms with Gasteiger partial charge in [0.25, 0.3) is 0 Å². The number of nitrogens with one attached hydrogen (secondary N) is 1. The predicted octanol–water partition coefficient (Wildman–Crippen LogP) is 1.87. The summed E-state index contributed by atoms with van der Waals surface area (Å²) in [5.74, 6) is 0. The van der Waals surface area contributed by atoms with Crippen molar-refractivity contribution in [2.75, 3.05) is 11.9 Å². The third-order valence-electron chi connectivity index (χ3n) is 2.24. The quantitative estimate of drug-likeness (QED) is 0.841. The minimum atomic E-state index is 0.678. The van der Waals surface area contributed by atoms with E-state index in [1.54, 1.807) is 18.3 Å². The molecule has 2 rings (SSSR count). The lowest BCUT2D eigenvalue weighted by Crippen LogP contribution is -2.10. The van der Waals surface area contributed by atoms with Gasteiger partial charge in [-0.25, -0.2) is 0 Å². The number of nitrogens with zero attached hydrogens (tertiary/aromatic N) is 3. The number of benzene rings is 1. The van der Waals surface area contributed by atoms with E-state index in [0.717, 1.165) is 18.8 Å². The summed E-state index contributed by atoms with van der Waals surface area (Å²) in [7, 11) is 0. The number of nitriles is 1. The third kappa shape index (κ3) is 2.61. The molecule has 1 aromatic heterocycles. The summed E-state index contributed by atoms with van der Waals surface area (Å²) in [6, 6.07) is 11.4. The zero-order valence-electron chi connectivity index (χ0n) is 8.80. The molecule has 4 heteroatoms. The first-order valence-electron chi connectivity index (χ1n) is 5.10. The van der Waals surface area contributed by atoms with E-state index in [9.17, 15) is 0 Å². The van der Waals surface area contributed by atoms with Crippen molar-refractivity contribution in [3.8, 4) is 6.07 Å². The Labute approximate surface area is 94.1 Å². The Morgan fingerprint density at radius 2 is 2.12 bits per heavy atom. The molecule has 1 aromatic carbocycles. The largest absolute Gasteiger partial charge is 0.383 e. The fourth-order valence-electron chi connectivity index (χ4n) is 1.41. The van der Waals surface area contributed by atoms with Gasteiger partial charge < -0.3 is 5.32 Å². The monoisotopic (exact) mass is 212 g/mol. The zero-order chi connectivity index (χ0) is 11.2. The molecule has 16 heavy (non-hydrogen) atoms. The number of anilines is 1. The third-order valence-corrected chi connectivity index (χ3v) is 2.24. The van der Waals surface area contributed by atoms with Crippen LogP contribution in [-0.4, -0.2) is 16.3 Å². The van der Waals surface area contributed by atoms with Crippen molar-refractivity contribution in [1.82, 2.24) is 9.78 Å². The Bertz CT molecular complexity index is 465. The summed E-state index contributed by atoms with van der Waals surface area (Å²) in [6.07, 6.45) is 3.70. The second-order valence-corrected chi connectivity index (χ2v) is 3.39. The van der Waals surface area contributed by atoms with Crippen LogP contribution in [0.4, 0.5) is 5.69 Å². The molecule has 0 aliphatic carbocycles. The highest BCUT2D eigenvalue weighted by atomic mass is 15.3. The van der Waals surface area contributed by atoms with Crippen LogP contribution in [0.15, 0.2) is 42.7 Å². The smallest absolute Gasteiger partial charge is 0.0991 e. The molecule has 0 amide bonds. The van der Waals surface area contributed by atoms with Gasteiger partial charge >= 0.3 is 0 Å². The molecule has 0 saturated heterocycles. The van der Waals surface area contributed by atoms with E-state index >= 15 is 0 Å². The molecule has 0 unspecified atom stereocenters. The highest BCUT2D eigenvalue weighted by Crippen LogP contribution is 2.08. The molecule has 1 N–H and O–H groups in total. The van der Waals surface area contributed by atoms with Crippen LogP contribution in [0, 0.1) is 11.3 Å². The highest BCUT2D eigenvalue weighted by molar-refractivity contribution is 5.46. The SMILES string of the molecule is N#Cc1ccc(NCCn2cccn2)cc1. The summed E-state index contributed by atoms with van der Waals surface area (Å²) >= 11 is 0. The van der Waals surface area contributed by atoms with E-state index in [-0.39, 0.29) is 0 Å². The second kappa shape index (κ2) is 4.99. The Hall–Kier alpha value is -2.28. The predicted molar refractivity (Wildman–Crippen MR) is 61.9 cm³/mol. The minimum absolute atomic E-state index is 0.678. The number of hydrogen-bond acceptors (Lipinski definition) is 3. The van der Waals surface area contributed by atoms with E-state index in [0.29, 0.717) is 5.56 Å². The molecule has 0 aliphatic heterocycles. The average molecular weight is 212 g/mol. The van der Waals surface area contributed by atoms with Crippen molar-refractivity contribution >= 4 is 5.69 Å². The lowest BCUT2D eigenvalue weighted by Gasteiger charge is -2.06. The Balaban J connectivity index is 1.83. The first kappa shape index (κ1) is 10.2. The van der Waals surface area contributed by atoms with Crippen LogP contribution in [0.1, 0.15) is 5.56 Å².